The van der Waals surface area contributed by atoms with Crippen LogP contribution in [0.25, 0.3) is 10.4 Å². The number of rotatable bonds is 5. The Labute approximate surface area is 166 Å². The first-order valence-corrected chi connectivity index (χ1v) is 9.83. The zero-order valence-corrected chi connectivity index (χ0v) is 16.1. The van der Waals surface area contributed by atoms with Crippen LogP contribution in [0.15, 0.2) is 54.9 Å². The molecule has 7 heteroatoms. The van der Waals surface area contributed by atoms with E-state index in [1.54, 1.807) is 24.3 Å². The topological polar surface area (TPSA) is 85.1 Å². The predicted molar refractivity (Wildman–Crippen MR) is 108 cm³/mol. The average molecular weight is 393 g/mol. The number of hydrogen-bond acceptors (Lipinski definition) is 4. The second kappa shape index (κ2) is 7.44. The lowest BCUT2D eigenvalue weighted by molar-refractivity contribution is -0.604. The zero-order chi connectivity index (χ0) is 19.7. The molecular formula is C21H19N3O3S. The number of thiophene rings is 1. The maximum atomic E-state index is 12.7. The van der Waals surface area contributed by atoms with Crippen molar-refractivity contribution in [1.82, 2.24) is 5.32 Å². The normalized spacial score (nSPS) is 13.2. The lowest BCUT2D eigenvalue weighted by Crippen LogP contribution is -2.25. The van der Waals surface area contributed by atoms with Crippen molar-refractivity contribution in [3.05, 3.63) is 76.1 Å². The second-order valence-electron chi connectivity index (χ2n) is 6.85. The Hall–Kier alpha value is -3.19. The molecule has 0 radical (unpaired) electrons. The summed E-state index contributed by atoms with van der Waals surface area (Å²) in [5, 5.41) is 17.3. The van der Waals surface area contributed by atoms with Crippen LogP contribution in [-0.2, 0) is 0 Å². The Balaban J connectivity index is 1.51. The molecule has 2 aromatic heterocycles. The Kier molecular flexibility index (Phi) is 4.83. The van der Waals surface area contributed by atoms with Gasteiger partial charge in [0.25, 0.3) is 11.8 Å². The summed E-state index contributed by atoms with van der Waals surface area (Å²) in [5.41, 5.74) is 2.78. The maximum Gasteiger partial charge on any atom is 0.265 e. The van der Waals surface area contributed by atoms with E-state index in [1.165, 1.54) is 23.7 Å². The maximum absolute atomic E-state index is 12.7. The molecule has 0 unspecified atom stereocenters. The summed E-state index contributed by atoms with van der Waals surface area (Å²) in [5.74, 6) is -0.364. The summed E-state index contributed by atoms with van der Waals surface area (Å²) in [6, 6.07) is 12.6. The van der Waals surface area contributed by atoms with Crippen LogP contribution in [0.4, 0.5) is 5.69 Å². The van der Waals surface area contributed by atoms with Crippen molar-refractivity contribution >= 4 is 28.8 Å². The fraction of sp³-hybridized carbons (Fsp3) is 0.190. The third kappa shape index (κ3) is 4.04. The average Bonchev–Trinajstić information content (AvgIpc) is 3.34. The minimum Gasteiger partial charge on any atom is -0.619 e. The zero-order valence-electron chi connectivity index (χ0n) is 15.3. The highest BCUT2D eigenvalue weighted by Gasteiger charge is 2.24. The molecule has 3 aromatic rings. The Morgan fingerprint density at radius 1 is 1.14 bits per heavy atom. The van der Waals surface area contributed by atoms with Gasteiger partial charge in [-0.05, 0) is 55.7 Å². The van der Waals surface area contributed by atoms with Crippen molar-refractivity contribution < 1.29 is 14.3 Å². The number of amides is 2. The highest BCUT2D eigenvalue weighted by Crippen LogP contribution is 2.28. The van der Waals surface area contributed by atoms with Crippen LogP contribution in [0, 0.1) is 12.1 Å². The van der Waals surface area contributed by atoms with Gasteiger partial charge >= 0.3 is 0 Å². The van der Waals surface area contributed by atoms with E-state index >= 15 is 0 Å². The largest absolute Gasteiger partial charge is 0.619 e. The first-order valence-electron chi connectivity index (χ1n) is 9.01. The van der Waals surface area contributed by atoms with E-state index < -0.39 is 0 Å². The highest BCUT2D eigenvalue weighted by molar-refractivity contribution is 7.17. The van der Waals surface area contributed by atoms with Crippen molar-refractivity contribution in [2.45, 2.75) is 25.8 Å². The number of nitrogens with zero attached hydrogens (tertiary/aromatic N) is 1. The van der Waals surface area contributed by atoms with E-state index in [4.69, 9.17) is 0 Å². The highest BCUT2D eigenvalue weighted by atomic mass is 32.1. The van der Waals surface area contributed by atoms with E-state index in [9.17, 15) is 14.8 Å². The minimum absolute atomic E-state index is 0.119. The van der Waals surface area contributed by atoms with Gasteiger partial charge in [0, 0.05) is 28.2 Å². The van der Waals surface area contributed by atoms with Gasteiger partial charge in [-0.3, -0.25) is 9.59 Å². The molecule has 1 saturated carbocycles. The van der Waals surface area contributed by atoms with Crippen molar-refractivity contribution in [3.63, 3.8) is 0 Å². The lowest BCUT2D eigenvalue weighted by atomic mass is 10.1. The molecule has 2 amide bonds. The van der Waals surface area contributed by atoms with Crippen LogP contribution in [-0.4, -0.2) is 17.9 Å². The fourth-order valence-corrected chi connectivity index (χ4v) is 3.69. The summed E-state index contributed by atoms with van der Waals surface area (Å²) < 4.78 is 0.732. The predicted octanol–water partition coefficient (Wildman–Crippen LogP) is 3.50. The molecule has 0 atom stereocenters. The summed E-state index contributed by atoms with van der Waals surface area (Å²) in [7, 11) is 0. The molecule has 6 nitrogen and oxygen atoms in total. The van der Waals surface area contributed by atoms with Crippen LogP contribution in [0.3, 0.4) is 0 Å². The molecule has 1 aliphatic rings. The van der Waals surface area contributed by atoms with Crippen molar-refractivity contribution in [2.75, 3.05) is 5.32 Å². The Bertz CT molecular complexity index is 1060. The molecule has 2 N–H and O–H groups in total. The number of anilines is 1. The molecule has 1 aliphatic carbocycles. The molecule has 142 valence electrons. The number of aryl methyl sites for hydroxylation is 1. The van der Waals surface area contributed by atoms with Crippen molar-refractivity contribution in [2.24, 2.45) is 0 Å². The molecule has 1 aromatic carbocycles. The van der Waals surface area contributed by atoms with Gasteiger partial charge in [-0.15, -0.1) is 11.3 Å². The summed E-state index contributed by atoms with van der Waals surface area (Å²) in [4.78, 5) is 26.3. The van der Waals surface area contributed by atoms with Crippen LogP contribution in [0.5, 0.6) is 0 Å². The third-order valence-electron chi connectivity index (χ3n) is 4.55. The Morgan fingerprint density at radius 3 is 2.71 bits per heavy atom. The number of benzene rings is 1. The first kappa shape index (κ1) is 18.2. The van der Waals surface area contributed by atoms with Crippen LogP contribution < -0.4 is 15.4 Å². The van der Waals surface area contributed by atoms with Gasteiger partial charge in [0.2, 0.25) is 0 Å². The third-order valence-corrected chi connectivity index (χ3v) is 5.68. The smallest absolute Gasteiger partial charge is 0.265 e. The minimum atomic E-state index is -0.245. The van der Waals surface area contributed by atoms with E-state index in [0.29, 0.717) is 16.1 Å². The van der Waals surface area contributed by atoms with Gasteiger partial charge < -0.3 is 15.8 Å². The molecule has 2 heterocycles. The van der Waals surface area contributed by atoms with Crippen molar-refractivity contribution in [1.29, 1.82) is 0 Å². The molecule has 1 fully saturated rings. The number of carbonyl (C=O) groups excluding carboxylic acids is 2. The number of carbonyl (C=O) groups is 2. The summed E-state index contributed by atoms with van der Waals surface area (Å²) in [6.45, 7) is 1.88. The van der Waals surface area contributed by atoms with Crippen LogP contribution in [0.1, 0.15) is 38.4 Å². The molecule has 28 heavy (non-hydrogen) atoms. The molecule has 0 spiro atoms. The number of pyridine rings is 1. The summed E-state index contributed by atoms with van der Waals surface area (Å²) >= 11 is 1.31. The number of hydrogen-bond donors (Lipinski definition) is 2. The SMILES string of the molecule is Cc1ccc(C(=O)NC2CC2)cc1NC(=O)c1ccc(-c2ccc[n+]([O-])c2)s1. The number of nitrogens with one attached hydrogen (secondary N) is 2. The van der Waals surface area contributed by atoms with E-state index in [0.717, 1.165) is 33.6 Å². The first-order chi connectivity index (χ1) is 13.5. The van der Waals surface area contributed by atoms with Gasteiger partial charge in [-0.2, -0.15) is 4.73 Å². The molecule has 0 bridgehead atoms. The standard InChI is InChI=1S/C21H19N3O3S/c1-13-4-5-14(20(25)22-16-6-7-16)11-17(13)23-21(26)19-9-8-18(28-19)15-3-2-10-24(27)12-15/h2-5,8-12,16H,6-7H2,1H3,(H,22,25)(H,23,26). The quantitative estimate of drug-likeness (QED) is 0.514. The fourth-order valence-electron chi connectivity index (χ4n) is 2.79. The molecule has 4 rings (SSSR count). The van der Waals surface area contributed by atoms with Gasteiger partial charge in [0.15, 0.2) is 12.4 Å². The molecule has 0 aliphatic heterocycles. The van der Waals surface area contributed by atoms with E-state index in [-0.39, 0.29) is 17.9 Å². The van der Waals surface area contributed by atoms with Crippen LogP contribution >= 0.6 is 11.3 Å². The number of aromatic nitrogens is 1. The Morgan fingerprint density at radius 2 is 1.96 bits per heavy atom. The summed E-state index contributed by atoms with van der Waals surface area (Å²) in [6.07, 6.45) is 4.94. The van der Waals surface area contributed by atoms with E-state index in [1.807, 2.05) is 25.1 Å². The van der Waals surface area contributed by atoms with Crippen LogP contribution in [0.2, 0.25) is 0 Å². The van der Waals surface area contributed by atoms with Crippen molar-refractivity contribution in [3.8, 4) is 10.4 Å². The van der Waals surface area contributed by atoms with Gasteiger partial charge in [0.05, 0.1) is 10.4 Å². The molecule has 0 saturated heterocycles. The van der Waals surface area contributed by atoms with Gasteiger partial charge in [-0.25, -0.2) is 0 Å². The van der Waals surface area contributed by atoms with Gasteiger partial charge in [0.1, 0.15) is 0 Å². The second-order valence-corrected chi connectivity index (χ2v) is 7.93. The molecular weight excluding hydrogens is 374 g/mol. The lowest BCUT2D eigenvalue weighted by Gasteiger charge is -2.10. The van der Waals surface area contributed by atoms with Gasteiger partial charge in [-0.1, -0.05) is 6.07 Å². The van der Waals surface area contributed by atoms with E-state index in [2.05, 4.69) is 10.6 Å². The monoisotopic (exact) mass is 393 g/mol.